The van der Waals surface area contributed by atoms with Crippen molar-refractivity contribution in [2.24, 2.45) is 7.05 Å². The minimum absolute atomic E-state index is 0.449. The second kappa shape index (κ2) is 4.48. The number of nitrogens with one attached hydrogen (secondary N) is 1. The van der Waals surface area contributed by atoms with Crippen LogP contribution in [0, 0.1) is 0 Å². The minimum atomic E-state index is 0.449. The van der Waals surface area contributed by atoms with Crippen LogP contribution in [-0.4, -0.2) is 41.6 Å². The largest absolute Gasteiger partial charge is 0.357 e. The summed E-state index contributed by atoms with van der Waals surface area (Å²) in [4.78, 5) is 12.9. The minimum Gasteiger partial charge on any atom is -0.357 e. The standard InChI is InChI=1S/C11H12N8/c1-12-10-14-9(8-4-7-18(2)17-8)15-11(16-10)19-6-3-5-13-19/h3-7H,1-2H3,(H,12,14,15,16). The molecule has 3 rings (SSSR count). The molecule has 0 unspecified atom stereocenters. The molecule has 3 aromatic heterocycles. The molecule has 3 heterocycles. The molecule has 1 N–H and O–H groups in total. The van der Waals surface area contributed by atoms with Gasteiger partial charge in [0, 0.05) is 32.7 Å². The first-order valence-electron chi connectivity index (χ1n) is 5.70. The molecule has 8 heteroatoms. The van der Waals surface area contributed by atoms with Crippen molar-refractivity contribution in [3.8, 4) is 17.5 Å². The van der Waals surface area contributed by atoms with Crippen molar-refractivity contribution >= 4 is 5.95 Å². The molecule has 0 aliphatic rings. The van der Waals surface area contributed by atoms with E-state index in [0.29, 0.717) is 23.4 Å². The van der Waals surface area contributed by atoms with E-state index in [4.69, 9.17) is 0 Å². The highest BCUT2D eigenvalue weighted by Gasteiger charge is 2.11. The van der Waals surface area contributed by atoms with Gasteiger partial charge in [-0.25, -0.2) is 4.68 Å². The molecule has 0 aromatic carbocycles. The van der Waals surface area contributed by atoms with E-state index in [1.165, 1.54) is 0 Å². The lowest BCUT2D eigenvalue weighted by atomic mass is 10.4. The molecule has 0 aliphatic carbocycles. The first-order chi connectivity index (χ1) is 9.26. The molecule has 0 amide bonds. The number of aromatic nitrogens is 7. The maximum absolute atomic E-state index is 4.37. The van der Waals surface area contributed by atoms with Crippen LogP contribution in [0.4, 0.5) is 5.95 Å². The lowest BCUT2D eigenvalue weighted by Crippen LogP contribution is -2.08. The first kappa shape index (κ1) is 11.3. The molecule has 96 valence electrons. The number of hydrogen-bond acceptors (Lipinski definition) is 6. The Hall–Kier alpha value is -2.77. The Morgan fingerprint density at radius 3 is 2.68 bits per heavy atom. The van der Waals surface area contributed by atoms with Crippen molar-refractivity contribution in [2.75, 3.05) is 12.4 Å². The van der Waals surface area contributed by atoms with Gasteiger partial charge in [-0.1, -0.05) is 0 Å². The summed E-state index contributed by atoms with van der Waals surface area (Å²) in [6, 6.07) is 3.66. The van der Waals surface area contributed by atoms with E-state index in [-0.39, 0.29) is 0 Å². The fraction of sp³-hybridized carbons (Fsp3) is 0.182. The Morgan fingerprint density at radius 1 is 1.16 bits per heavy atom. The maximum atomic E-state index is 4.37. The first-order valence-corrected chi connectivity index (χ1v) is 5.70. The van der Waals surface area contributed by atoms with E-state index < -0.39 is 0 Å². The van der Waals surface area contributed by atoms with Crippen LogP contribution in [0.5, 0.6) is 0 Å². The van der Waals surface area contributed by atoms with E-state index >= 15 is 0 Å². The number of anilines is 1. The van der Waals surface area contributed by atoms with Crippen LogP contribution in [0.15, 0.2) is 30.7 Å². The third-order valence-electron chi connectivity index (χ3n) is 2.50. The molecule has 0 saturated heterocycles. The van der Waals surface area contributed by atoms with Crippen LogP contribution in [0.3, 0.4) is 0 Å². The van der Waals surface area contributed by atoms with Crippen LogP contribution < -0.4 is 5.32 Å². The van der Waals surface area contributed by atoms with Gasteiger partial charge in [0.1, 0.15) is 5.69 Å². The van der Waals surface area contributed by atoms with Crippen molar-refractivity contribution in [3.63, 3.8) is 0 Å². The summed E-state index contributed by atoms with van der Waals surface area (Å²) in [7, 11) is 3.60. The fourth-order valence-corrected chi connectivity index (χ4v) is 1.62. The normalized spacial score (nSPS) is 10.6. The summed E-state index contributed by atoms with van der Waals surface area (Å²) in [5.74, 6) is 1.43. The van der Waals surface area contributed by atoms with Gasteiger partial charge in [-0.3, -0.25) is 4.68 Å². The quantitative estimate of drug-likeness (QED) is 0.734. The van der Waals surface area contributed by atoms with Crippen LogP contribution in [-0.2, 0) is 7.05 Å². The predicted molar refractivity (Wildman–Crippen MR) is 68.7 cm³/mol. The topological polar surface area (TPSA) is 86.3 Å². The molecule has 0 fully saturated rings. The lowest BCUT2D eigenvalue weighted by molar-refractivity contribution is 0.764. The van der Waals surface area contributed by atoms with E-state index in [1.54, 1.807) is 28.8 Å². The summed E-state index contributed by atoms with van der Waals surface area (Å²) >= 11 is 0. The molecular weight excluding hydrogens is 244 g/mol. The second-order valence-electron chi connectivity index (χ2n) is 3.86. The van der Waals surface area contributed by atoms with Gasteiger partial charge in [0.15, 0.2) is 5.82 Å². The fourth-order valence-electron chi connectivity index (χ4n) is 1.62. The summed E-state index contributed by atoms with van der Waals surface area (Å²) in [5, 5.41) is 11.3. The third kappa shape index (κ3) is 2.15. The van der Waals surface area contributed by atoms with Crippen LogP contribution >= 0.6 is 0 Å². The van der Waals surface area contributed by atoms with Crippen LogP contribution in [0.25, 0.3) is 17.5 Å². The van der Waals surface area contributed by atoms with Crippen molar-refractivity contribution in [1.82, 2.24) is 34.5 Å². The van der Waals surface area contributed by atoms with Crippen molar-refractivity contribution < 1.29 is 0 Å². The van der Waals surface area contributed by atoms with E-state index in [0.717, 1.165) is 0 Å². The molecule has 0 saturated carbocycles. The highest BCUT2D eigenvalue weighted by Crippen LogP contribution is 2.14. The molecule has 0 aliphatic heterocycles. The Kier molecular flexibility index (Phi) is 2.67. The highest BCUT2D eigenvalue weighted by atomic mass is 15.4. The Labute approximate surface area is 109 Å². The summed E-state index contributed by atoms with van der Waals surface area (Å²) in [6.45, 7) is 0. The van der Waals surface area contributed by atoms with Crippen LogP contribution in [0.1, 0.15) is 0 Å². The summed E-state index contributed by atoms with van der Waals surface area (Å²) < 4.78 is 3.28. The maximum Gasteiger partial charge on any atom is 0.255 e. The van der Waals surface area contributed by atoms with Gasteiger partial charge in [-0.2, -0.15) is 25.1 Å². The van der Waals surface area contributed by atoms with Crippen LogP contribution in [0.2, 0.25) is 0 Å². The van der Waals surface area contributed by atoms with Crippen molar-refractivity contribution in [2.45, 2.75) is 0 Å². The molecular formula is C11H12N8. The molecule has 0 spiro atoms. The number of hydrogen-bond donors (Lipinski definition) is 1. The number of nitrogens with zero attached hydrogens (tertiary/aromatic N) is 7. The third-order valence-corrected chi connectivity index (χ3v) is 2.50. The van der Waals surface area contributed by atoms with Gasteiger partial charge < -0.3 is 5.32 Å². The summed E-state index contributed by atoms with van der Waals surface area (Å²) in [5.41, 5.74) is 0.690. The van der Waals surface area contributed by atoms with E-state index in [1.807, 2.05) is 25.4 Å². The van der Waals surface area contributed by atoms with Gasteiger partial charge >= 0.3 is 0 Å². The van der Waals surface area contributed by atoms with Crippen molar-refractivity contribution in [3.05, 3.63) is 30.7 Å². The van der Waals surface area contributed by atoms with Gasteiger partial charge in [0.25, 0.3) is 5.95 Å². The predicted octanol–water partition coefficient (Wildman–Crippen LogP) is 0.499. The molecule has 0 bridgehead atoms. The Bertz CT molecular complexity index is 685. The van der Waals surface area contributed by atoms with Gasteiger partial charge in [-0.15, -0.1) is 0 Å². The second-order valence-corrected chi connectivity index (χ2v) is 3.86. The van der Waals surface area contributed by atoms with Gasteiger partial charge in [0.2, 0.25) is 5.95 Å². The SMILES string of the molecule is CNc1nc(-c2ccn(C)n2)nc(-n2cccn2)n1. The monoisotopic (exact) mass is 256 g/mol. The summed E-state index contributed by atoms with van der Waals surface area (Å²) in [6.07, 6.45) is 5.28. The lowest BCUT2D eigenvalue weighted by Gasteiger charge is -2.04. The van der Waals surface area contributed by atoms with Gasteiger partial charge in [-0.05, 0) is 12.1 Å². The van der Waals surface area contributed by atoms with Crippen molar-refractivity contribution in [1.29, 1.82) is 0 Å². The average molecular weight is 256 g/mol. The Balaban J connectivity index is 2.12. The highest BCUT2D eigenvalue weighted by molar-refractivity contribution is 5.51. The molecule has 19 heavy (non-hydrogen) atoms. The molecule has 8 nitrogen and oxygen atoms in total. The number of rotatable bonds is 3. The van der Waals surface area contributed by atoms with E-state index in [9.17, 15) is 0 Å². The molecule has 0 radical (unpaired) electrons. The zero-order chi connectivity index (χ0) is 13.2. The molecule has 0 atom stereocenters. The zero-order valence-corrected chi connectivity index (χ0v) is 10.5. The Morgan fingerprint density at radius 2 is 2.05 bits per heavy atom. The number of aryl methyl sites for hydroxylation is 1. The zero-order valence-electron chi connectivity index (χ0n) is 10.5. The molecule has 3 aromatic rings. The smallest absolute Gasteiger partial charge is 0.255 e. The van der Waals surface area contributed by atoms with Gasteiger partial charge in [0.05, 0.1) is 0 Å². The average Bonchev–Trinajstić information content (AvgIpc) is 3.09. The van der Waals surface area contributed by atoms with E-state index in [2.05, 4.69) is 30.5 Å².